The van der Waals surface area contributed by atoms with Crippen LogP contribution < -0.4 is 5.32 Å². The summed E-state index contributed by atoms with van der Waals surface area (Å²) in [6, 6.07) is 4.79. The molecule has 1 aromatic carbocycles. The first-order valence-corrected chi connectivity index (χ1v) is 9.22. The normalized spacial score (nSPS) is 16.0. The lowest BCUT2D eigenvalue weighted by molar-refractivity contribution is -0.109. The van der Waals surface area contributed by atoms with Crippen LogP contribution >= 0.6 is 11.6 Å². The van der Waals surface area contributed by atoms with Crippen molar-refractivity contribution in [2.45, 2.75) is 12.8 Å². The van der Waals surface area contributed by atoms with Crippen molar-refractivity contribution < 1.29 is 17.6 Å². The maximum absolute atomic E-state index is 14.0. The van der Waals surface area contributed by atoms with Gasteiger partial charge < -0.3 is 5.32 Å². The SMILES string of the molecule is O=CNCCCS(=O)(=O)N1CC=C(c2cccc(Cl)c2F)CC1. The van der Waals surface area contributed by atoms with Crippen LogP contribution in [0.4, 0.5) is 4.39 Å². The third-order valence-corrected chi connectivity index (χ3v) is 5.88. The van der Waals surface area contributed by atoms with E-state index in [-0.39, 0.29) is 17.3 Å². The first-order valence-electron chi connectivity index (χ1n) is 7.24. The molecule has 1 N–H and O–H groups in total. The van der Waals surface area contributed by atoms with Gasteiger partial charge in [-0.05, 0) is 24.5 Å². The summed E-state index contributed by atoms with van der Waals surface area (Å²) in [6.45, 7) is 0.845. The van der Waals surface area contributed by atoms with E-state index in [2.05, 4.69) is 5.32 Å². The predicted molar refractivity (Wildman–Crippen MR) is 88.0 cm³/mol. The minimum atomic E-state index is -3.37. The van der Waals surface area contributed by atoms with Crippen molar-refractivity contribution in [3.63, 3.8) is 0 Å². The molecule has 0 aromatic heterocycles. The van der Waals surface area contributed by atoms with Crippen LogP contribution in [0.15, 0.2) is 24.3 Å². The fourth-order valence-electron chi connectivity index (χ4n) is 2.44. The highest BCUT2D eigenvalue weighted by molar-refractivity contribution is 7.89. The second-order valence-corrected chi connectivity index (χ2v) is 7.68. The Hall–Kier alpha value is -1.44. The van der Waals surface area contributed by atoms with E-state index in [1.54, 1.807) is 18.2 Å². The Bertz CT molecular complexity index is 707. The molecule has 5 nitrogen and oxygen atoms in total. The number of benzene rings is 1. The van der Waals surface area contributed by atoms with Gasteiger partial charge in [0.15, 0.2) is 0 Å². The van der Waals surface area contributed by atoms with E-state index in [0.717, 1.165) is 5.57 Å². The number of halogens is 2. The second-order valence-electron chi connectivity index (χ2n) is 5.18. The van der Waals surface area contributed by atoms with Crippen molar-refractivity contribution in [2.24, 2.45) is 0 Å². The van der Waals surface area contributed by atoms with Gasteiger partial charge in [0.2, 0.25) is 16.4 Å². The van der Waals surface area contributed by atoms with Gasteiger partial charge in [0.1, 0.15) is 5.82 Å². The van der Waals surface area contributed by atoms with Crippen molar-refractivity contribution in [3.05, 3.63) is 40.7 Å². The molecule has 1 aromatic rings. The van der Waals surface area contributed by atoms with Crippen LogP contribution in [0.3, 0.4) is 0 Å². The number of nitrogens with zero attached hydrogens (tertiary/aromatic N) is 1. The number of amides is 1. The maximum atomic E-state index is 14.0. The van der Waals surface area contributed by atoms with E-state index < -0.39 is 15.8 Å². The van der Waals surface area contributed by atoms with Gasteiger partial charge in [0, 0.05) is 25.2 Å². The topological polar surface area (TPSA) is 66.5 Å². The van der Waals surface area contributed by atoms with Gasteiger partial charge in [-0.2, -0.15) is 4.31 Å². The lowest BCUT2D eigenvalue weighted by atomic mass is 10.00. The third-order valence-electron chi connectivity index (χ3n) is 3.67. The molecule has 1 amide bonds. The van der Waals surface area contributed by atoms with Crippen molar-refractivity contribution >= 4 is 33.6 Å². The average molecular weight is 361 g/mol. The lowest BCUT2D eigenvalue weighted by Crippen LogP contribution is -2.37. The summed E-state index contributed by atoms with van der Waals surface area (Å²) in [4.78, 5) is 10.1. The molecular formula is C15H18ClFN2O3S. The number of sulfonamides is 1. The quantitative estimate of drug-likeness (QED) is 0.597. The molecule has 2 rings (SSSR count). The van der Waals surface area contributed by atoms with Gasteiger partial charge in [-0.25, -0.2) is 12.8 Å². The fraction of sp³-hybridized carbons (Fsp3) is 0.400. The molecule has 0 aliphatic carbocycles. The van der Waals surface area contributed by atoms with Crippen LogP contribution in [0.2, 0.25) is 5.02 Å². The van der Waals surface area contributed by atoms with E-state index in [4.69, 9.17) is 11.6 Å². The first-order chi connectivity index (χ1) is 11.0. The summed E-state index contributed by atoms with van der Waals surface area (Å²) in [5.41, 5.74) is 1.18. The Labute approximate surface area is 140 Å². The number of carbonyl (C=O) groups excluding carboxylic acids is 1. The summed E-state index contributed by atoms with van der Waals surface area (Å²) < 4.78 is 39.8. The van der Waals surface area contributed by atoms with Crippen LogP contribution in [0.5, 0.6) is 0 Å². The molecule has 8 heteroatoms. The molecule has 1 aliphatic rings. The largest absolute Gasteiger partial charge is 0.359 e. The Morgan fingerprint density at radius 1 is 1.39 bits per heavy atom. The van der Waals surface area contributed by atoms with Gasteiger partial charge in [-0.3, -0.25) is 4.79 Å². The van der Waals surface area contributed by atoms with Gasteiger partial charge in [-0.1, -0.05) is 29.8 Å². The van der Waals surface area contributed by atoms with E-state index in [0.29, 0.717) is 37.9 Å². The van der Waals surface area contributed by atoms with Crippen molar-refractivity contribution in [3.8, 4) is 0 Å². The molecule has 1 aliphatic heterocycles. The minimum Gasteiger partial charge on any atom is -0.359 e. The molecular weight excluding hydrogens is 343 g/mol. The monoisotopic (exact) mass is 360 g/mol. The zero-order valence-electron chi connectivity index (χ0n) is 12.5. The van der Waals surface area contributed by atoms with Crippen molar-refractivity contribution in [1.29, 1.82) is 0 Å². The van der Waals surface area contributed by atoms with Gasteiger partial charge >= 0.3 is 0 Å². The third kappa shape index (κ3) is 4.53. The summed E-state index contributed by atoms with van der Waals surface area (Å²) in [5.74, 6) is -0.501. The molecule has 23 heavy (non-hydrogen) atoms. The Kier molecular flexibility index (Phi) is 6.15. The molecule has 0 bridgehead atoms. The first kappa shape index (κ1) is 17.9. The highest BCUT2D eigenvalue weighted by Gasteiger charge is 2.25. The van der Waals surface area contributed by atoms with Crippen LogP contribution in [0.1, 0.15) is 18.4 Å². The maximum Gasteiger partial charge on any atom is 0.214 e. The Morgan fingerprint density at radius 2 is 2.17 bits per heavy atom. The number of rotatable bonds is 7. The molecule has 0 saturated carbocycles. The Morgan fingerprint density at radius 3 is 2.83 bits per heavy atom. The van der Waals surface area contributed by atoms with E-state index in [1.807, 2.05) is 0 Å². The summed E-state index contributed by atoms with van der Waals surface area (Å²) in [5, 5.41) is 2.49. The average Bonchev–Trinajstić information content (AvgIpc) is 2.54. The number of nitrogens with one attached hydrogen (secondary N) is 1. The second kappa shape index (κ2) is 7.90. The smallest absolute Gasteiger partial charge is 0.214 e. The molecule has 1 heterocycles. The van der Waals surface area contributed by atoms with Gasteiger partial charge in [-0.15, -0.1) is 0 Å². The summed E-state index contributed by atoms with van der Waals surface area (Å²) >= 11 is 5.78. The van der Waals surface area contributed by atoms with Crippen molar-refractivity contribution in [2.75, 3.05) is 25.4 Å². The van der Waals surface area contributed by atoms with Crippen LogP contribution in [0.25, 0.3) is 5.57 Å². The number of carbonyl (C=O) groups is 1. The standard InChI is InChI=1S/C15H18ClFN2O3S/c16-14-4-1-3-13(15(14)17)12-5-8-19(9-6-12)23(21,22)10-2-7-18-11-20/h1,3-5,11H,2,6-10H2,(H,18,20). The fourth-order valence-corrected chi connectivity index (χ4v) is 4.06. The van der Waals surface area contributed by atoms with E-state index >= 15 is 0 Å². The number of hydrogen-bond acceptors (Lipinski definition) is 3. The molecule has 0 radical (unpaired) electrons. The zero-order chi connectivity index (χ0) is 16.9. The van der Waals surface area contributed by atoms with Crippen LogP contribution in [0, 0.1) is 5.82 Å². The van der Waals surface area contributed by atoms with Crippen molar-refractivity contribution in [1.82, 2.24) is 9.62 Å². The van der Waals surface area contributed by atoms with Gasteiger partial charge in [0.25, 0.3) is 0 Å². The highest BCUT2D eigenvalue weighted by Crippen LogP contribution is 2.29. The van der Waals surface area contributed by atoms with E-state index in [9.17, 15) is 17.6 Å². The minimum absolute atomic E-state index is 0.0253. The molecule has 126 valence electrons. The zero-order valence-corrected chi connectivity index (χ0v) is 14.0. The van der Waals surface area contributed by atoms with Gasteiger partial charge in [0.05, 0.1) is 10.8 Å². The summed E-state index contributed by atoms with van der Waals surface area (Å²) in [7, 11) is -3.37. The van der Waals surface area contributed by atoms with Crippen LogP contribution in [-0.4, -0.2) is 44.5 Å². The number of hydrogen-bond donors (Lipinski definition) is 1. The molecule has 0 spiro atoms. The highest BCUT2D eigenvalue weighted by atomic mass is 35.5. The Balaban J connectivity index is 2.02. The predicted octanol–water partition coefficient (Wildman–Crippen LogP) is 2.03. The summed E-state index contributed by atoms with van der Waals surface area (Å²) in [6.07, 6.45) is 3.06. The molecule has 0 fully saturated rings. The molecule has 0 atom stereocenters. The van der Waals surface area contributed by atoms with Crippen LogP contribution in [-0.2, 0) is 14.8 Å². The molecule has 0 saturated heterocycles. The molecule has 0 unspecified atom stereocenters. The van der Waals surface area contributed by atoms with E-state index in [1.165, 1.54) is 10.4 Å². The lowest BCUT2D eigenvalue weighted by Gasteiger charge is -2.26.